The van der Waals surface area contributed by atoms with Crippen molar-refractivity contribution >= 4 is 11.9 Å². The topological polar surface area (TPSA) is 66.4 Å². The molecule has 1 amide bonds. The lowest BCUT2D eigenvalue weighted by atomic mass is 9.84. The van der Waals surface area contributed by atoms with Crippen molar-refractivity contribution in [2.24, 2.45) is 11.8 Å². The Bertz CT molecular complexity index is 481. The smallest absolute Gasteiger partial charge is 0.307 e. The van der Waals surface area contributed by atoms with Gasteiger partial charge in [0.05, 0.1) is 11.8 Å². The zero-order chi connectivity index (χ0) is 14.0. The van der Waals surface area contributed by atoms with E-state index in [0.29, 0.717) is 13.0 Å². The quantitative estimate of drug-likeness (QED) is 0.849. The Morgan fingerprint density at radius 1 is 1.26 bits per heavy atom. The van der Waals surface area contributed by atoms with Gasteiger partial charge in [0.1, 0.15) is 0 Å². The molecule has 1 fully saturated rings. The van der Waals surface area contributed by atoms with E-state index < -0.39 is 11.9 Å². The average molecular weight is 261 g/mol. The fourth-order valence-electron chi connectivity index (χ4n) is 2.19. The van der Waals surface area contributed by atoms with E-state index in [1.165, 1.54) is 0 Å². The summed E-state index contributed by atoms with van der Waals surface area (Å²) in [5.41, 5.74) is 0.991. The highest BCUT2D eigenvalue weighted by Crippen LogP contribution is 2.38. The standard InChI is InChI=1S/C15H19NO3/c1-15(2,10-6-4-3-5-7-10)9-16-13(17)11-8-12(11)14(18)19/h3-7,11-12H,8-9H2,1-2H3,(H,16,17)(H,18,19)/t11-,12+/m1/s1. The molecule has 4 nitrogen and oxygen atoms in total. The third kappa shape index (κ3) is 3.13. The Morgan fingerprint density at radius 3 is 2.42 bits per heavy atom. The number of nitrogens with one attached hydrogen (secondary N) is 1. The Morgan fingerprint density at radius 2 is 1.89 bits per heavy atom. The largest absolute Gasteiger partial charge is 0.481 e. The number of rotatable bonds is 5. The van der Waals surface area contributed by atoms with Crippen LogP contribution in [0.2, 0.25) is 0 Å². The molecule has 0 heterocycles. The van der Waals surface area contributed by atoms with Crippen LogP contribution in [0.15, 0.2) is 30.3 Å². The van der Waals surface area contributed by atoms with E-state index in [9.17, 15) is 9.59 Å². The summed E-state index contributed by atoms with van der Waals surface area (Å²) in [6, 6.07) is 9.97. The number of benzene rings is 1. The second-order valence-electron chi connectivity index (χ2n) is 5.75. The maximum Gasteiger partial charge on any atom is 0.307 e. The summed E-state index contributed by atoms with van der Waals surface area (Å²) in [6.45, 7) is 4.63. The van der Waals surface area contributed by atoms with Crippen LogP contribution in [0, 0.1) is 11.8 Å². The highest BCUT2D eigenvalue weighted by molar-refractivity contribution is 5.89. The summed E-state index contributed by atoms with van der Waals surface area (Å²) in [4.78, 5) is 22.5. The fraction of sp³-hybridized carbons (Fsp3) is 0.467. The molecule has 4 heteroatoms. The minimum atomic E-state index is -0.873. The summed E-state index contributed by atoms with van der Waals surface area (Å²) in [5.74, 6) is -1.84. The zero-order valence-corrected chi connectivity index (χ0v) is 11.2. The normalized spacial score (nSPS) is 21.8. The van der Waals surface area contributed by atoms with Crippen molar-refractivity contribution < 1.29 is 14.7 Å². The van der Waals surface area contributed by atoms with E-state index in [1.807, 2.05) is 30.3 Å². The Balaban J connectivity index is 1.89. The highest BCUT2D eigenvalue weighted by atomic mass is 16.4. The fourth-order valence-corrected chi connectivity index (χ4v) is 2.19. The van der Waals surface area contributed by atoms with Crippen LogP contribution in [0.25, 0.3) is 0 Å². The average Bonchev–Trinajstić information content (AvgIpc) is 3.17. The molecule has 1 aromatic carbocycles. The molecule has 0 saturated heterocycles. The lowest BCUT2D eigenvalue weighted by Crippen LogP contribution is -2.37. The lowest BCUT2D eigenvalue weighted by molar-refractivity contribution is -0.140. The van der Waals surface area contributed by atoms with Gasteiger partial charge >= 0.3 is 5.97 Å². The van der Waals surface area contributed by atoms with Gasteiger partial charge in [0.15, 0.2) is 0 Å². The number of carbonyl (C=O) groups is 2. The van der Waals surface area contributed by atoms with E-state index in [-0.39, 0.29) is 17.2 Å². The maximum atomic E-state index is 11.8. The van der Waals surface area contributed by atoms with Gasteiger partial charge in [0, 0.05) is 12.0 Å². The first-order chi connectivity index (χ1) is 8.92. The monoisotopic (exact) mass is 261 g/mol. The molecule has 0 spiro atoms. The first-order valence-corrected chi connectivity index (χ1v) is 6.48. The van der Waals surface area contributed by atoms with Crippen LogP contribution in [-0.4, -0.2) is 23.5 Å². The van der Waals surface area contributed by atoms with Gasteiger partial charge in [-0.25, -0.2) is 0 Å². The van der Waals surface area contributed by atoms with Gasteiger partial charge in [-0.2, -0.15) is 0 Å². The molecule has 2 rings (SSSR count). The van der Waals surface area contributed by atoms with Gasteiger partial charge in [0.2, 0.25) is 5.91 Å². The first kappa shape index (κ1) is 13.6. The number of hydrogen-bond acceptors (Lipinski definition) is 2. The molecule has 2 N–H and O–H groups in total. The van der Waals surface area contributed by atoms with Crippen molar-refractivity contribution in [1.82, 2.24) is 5.32 Å². The molecule has 0 bridgehead atoms. The van der Waals surface area contributed by atoms with Gasteiger partial charge in [0.25, 0.3) is 0 Å². The van der Waals surface area contributed by atoms with Crippen molar-refractivity contribution in [3.63, 3.8) is 0 Å². The van der Waals surface area contributed by atoms with Gasteiger partial charge in [-0.3, -0.25) is 9.59 Å². The van der Waals surface area contributed by atoms with E-state index in [0.717, 1.165) is 5.56 Å². The van der Waals surface area contributed by atoms with Crippen LogP contribution >= 0.6 is 0 Å². The second kappa shape index (κ2) is 5.03. The van der Waals surface area contributed by atoms with Crippen LogP contribution in [0.3, 0.4) is 0 Å². The number of carboxylic acid groups (broad SMARTS) is 1. The molecule has 1 saturated carbocycles. The summed E-state index contributed by atoms with van der Waals surface area (Å²) < 4.78 is 0. The van der Waals surface area contributed by atoms with Crippen molar-refractivity contribution in [1.29, 1.82) is 0 Å². The molecule has 0 unspecified atom stereocenters. The highest BCUT2D eigenvalue weighted by Gasteiger charge is 2.48. The summed E-state index contributed by atoms with van der Waals surface area (Å²) >= 11 is 0. The second-order valence-corrected chi connectivity index (χ2v) is 5.75. The minimum absolute atomic E-state index is 0.142. The predicted octanol–water partition coefficient (Wildman–Crippen LogP) is 1.80. The molecule has 19 heavy (non-hydrogen) atoms. The molecule has 0 radical (unpaired) electrons. The lowest BCUT2D eigenvalue weighted by Gasteiger charge is -2.25. The SMILES string of the molecule is CC(C)(CNC(=O)[C@@H]1C[C@@H]1C(=O)O)c1ccccc1. The van der Waals surface area contributed by atoms with E-state index >= 15 is 0 Å². The van der Waals surface area contributed by atoms with Crippen LogP contribution in [0.4, 0.5) is 0 Å². The molecule has 0 aliphatic heterocycles. The first-order valence-electron chi connectivity index (χ1n) is 6.48. The van der Waals surface area contributed by atoms with Crippen LogP contribution in [0.5, 0.6) is 0 Å². The number of hydrogen-bond donors (Lipinski definition) is 2. The van der Waals surface area contributed by atoms with Crippen molar-refractivity contribution in [2.45, 2.75) is 25.7 Å². The van der Waals surface area contributed by atoms with Crippen LogP contribution in [-0.2, 0) is 15.0 Å². The van der Waals surface area contributed by atoms with Gasteiger partial charge < -0.3 is 10.4 Å². The molecule has 2 atom stereocenters. The molecule has 1 aliphatic carbocycles. The van der Waals surface area contributed by atoms with Crippen LogP contribution < -0.4 is 5.32 Å². The molecule has 102 valence electrons. The third-order valence-electron chi connectivity index (χ3n) is 3.70. The summed E-state index contributed by atoms with van der Waals surface area (Å²) in [6.07, 6.45) is 0.465. The summed E-state index contributed by atoms with van der Waals surface area (Å²) in [7, 11) is 0. The van der Waals surface area contributed by atoms with Crippen molar-refractivity contribution in [3.8, 4) is 0 Å². The minimum Gasteiger partial charge on any atom is -0.481 e. The molecule has 1 aromatic rings. The summed E-state index contributed by atoms with van der Waals surface area (Å²) in [5, 5.41) is 11.7. The molecule has 0 aromatic heterocycles. The molecule has 1 aliphatic rings. The molecular weight excluding hydrogens is 242 g/mol. The number of carboxylic acids is 1. The van der Waals surface area contributed by atoms with E-state index in [1.54, 1.807) is 0 Å². The van der Waals surface area contributed by atoms with Gasteiger partial charge in [-0.1, -0.05) is 44.2 Å². The Hall–Kier alpha value is -1.84. The van der Waals surface area contributed by atoms with E-state index in [4.69, 9.17) is 5.11 Å². The Kier molecular flexibility index (Phi) is 3.60. The van der Waals surface area contributed by atoms with Gasteiger partial charge in [-0.05, 0) is 12.0 Å². The zero-order valence-electron chi connectivity index (χ0n) is 11.2. The third-order valence-corrected chi connectivity index (χ3v) is 3.70. The van der Waals surface area contributed by atoms with E-state index in [2.05, 4.69) is 19.2 Å². The maximum absolute atomic E-state index is 11.8. The molecular formula is C15H19NO3. The van der Waals surface area contributed by atoms with Crippen molar-refractivity contribution in [3.05, 3.63) is 35.9 Å². The number of carbonyl (C=O) groups excluding carboxylic acids is 1. The Labute approximate surface area is 112 Å². The number of aliphatic carboxylic acids is 1. The van der Waals surface area contributed by atoms with Gasteiger partial charge in [-0.15, -0.1) is 0 Å². The van der Waals surface area contributed by atoms with Crippen molar-refractivity contribution in [2.75, 3.05) is 6.54 Å². The van der Waals surface area contributed by atoms with Crippen LogP contribution in [0.1, 0.15) is 25.8 Å². The predicted molar refractivity (Wildman–Crippen MR) is 71.7 cm³/mol. The number of amides is 1.